The van der Waals surface area contributed by atoms with Crippen molar-refractivity contribution in [2.45, 2.75) is 32.7 Å². The lowest BCUT2D eigenvalue weighted by Crippen LogP contribution is -2.32. The van der Waals surface area contributed by atoms with Crippen molar-refractivity contribution in [2.24, 2.45) is 0 Å². The Labute approximate surface area is 109 Å². The van der Waals surface area contributed by atoms with Crippen LogP contribution in [0.25, 0.3) is 0 Å². The number of rotatable bonds is 6. The Morgan fingerprint density at radius 3 is 2.88 bits per heavy atom. The van der Waals surface area contributed by atoms with Gasteiger partial charge in [-0.25, -0.2) is 0 Å². The van der Waals surface area contributed by atoms with E-state index in [4.69, 9.17) is 0 Å². The molecule has 0 aliphatic carbocycles. The van der Waals surface area contributed by atoms with Gasteiger partial charge >= 0.3 is 0 Å². The average molecular weight is 301 g/mol. The lowest BCUT2D eigenvalue weighted by Gasteiger charge is -2.07. The molecule has 0 atom stereocenters. The van der Waals surface area contributed by atoms with Gasteiger partial charge in [0.1, 0.15) is 6.54 Å². The number of aromatic nitrogens is 1. The Morgan fingerprint density at radius 1 is 1.41 bits per heavy atom. The van der Waals surface area contributed by atoms with Crippen LogP contribution in [0, 0.1) is 0 Å². The van der Waals surface area contributed by atoms with E-state index in [9.17, 15) is 9.59 Å². The minimum Gasteiger partial charge on any atom is -0.355 e. The minimum absolute atomic E-state index is 0.0738. The summed E-state index contributed by atoms with van der Waals surface area (Å²) in [6.07, 6.45) is 4.83. The van der Waals surface area contributed by atoms with Gasteiger partial charge in [-0.1, -0.05) is 19.8 Å². The first-order valence-electron chi connectivity index (χ1n) is 5.76. The van der Waals surface area contributed by atoms with Crippen LogP contribution in [0.3, 0.4) is 0 Å². The summed E-state index contributed by atoms with van der Waals surface area (Å²) in [5.74, 6) is -0.124. The first kappa shape index (κ1) is 14.0. The molecule has 0 fully saturated rings. The second kappa shape index (κ2) is 7.27. The van der Waals surface area contributed by atoms with Crippen LogP contribution in [0.2, 0.25) is 0 Å². The summed E-state index contributed by atoms with van der Waals surface area (Å²) in [7, 11) is 0. The van der Waals surface area contributed by atoms with Gasteiger partial charge in [0.25, 0.3) is 5.56 Å². The highest BCUT2D eigenvalue weighted by atomic mass is 79.9. The van der Waals surface area contributed by atoms with E-state index in [-0.39, 0.29) is 18.0 Å². The molecule has 1 amide bonds. The van der Waals surface area contributed by atoms with E-state index in [1.54, 1.807) is 12.3 Å². The van der Waals surface area contributed by atoms with Gasteiger partial charge in [-0.2, -0.15) is 0 Å². The Balaban J connectivity index is 2.45. The molecule has 0 radical (unpaired) electrons. The fourth-order valence-electron chi connectivity index (χ4n) is 1.44. The SMILES string of the molecule is CCCCCNC(=O)Cn1cc(Br)ccc1=O. The predicted octanol–water partition coefficient (Wildman–Crippen LogP) is 1.92. The first-order chi connectivity index (χ1) is 8.13. The summed E-state index contributed by atoms with van der Waals surface area (Å²) in [5, 5.41) is 2.80. The van der Waals surface area contributed by atoms with E-state index in [0.29, 0.717) is 6.54 Å². The molecule has 0 saturated heterocycles. The zero-order valence-corrected chi connectivity index (χ0v) is 11.5. The van der Waals surface area contributed by atoms with Crippen molar-refractivity contribution in [2.75, 3.05) is 6.54 Å². The lowest BCUT2D eigenvalue weighted by atomic mass is 10.2. The summed E-state index contributed by atoms with van der Waals surface area (Å²) >= 11 is 3.27. The Kier molecular flexibility index (Phi) is 5.97. The van der Waals surface area contributed by atoms with Gasteiger partial charge in [-0.05, 0) is 28.4 Å². The van der Waals surface area contributed by atoms with Crippen LogP contribution in [0.1, 0.15) is 26.2 Å². The van der Waals surface area contributed by atoms with Crippen molar-refractivity contribution in [3.05, 3.63) is 33.2 Å². The standard InChI is InChI=1S/C12H17BrN2O2/c1-2-3-4-7-14-11(16)9-15-8-10(13)5-6-12(15)17/h5-6,8H,2-4,7,9H2,1H3,(H,14,16). The maximum Gasteiger partial charge on any atom is 0.251 e. The van der Waals surface area contributed by atoms with Crippen LogP contribution in [0.5, 0.6) is 0 Å². The summed E-state index contributed by atoms with van der Waals surface area (Å²) in [4.78, 5) is 23.0. The van der Waals surface area contributed by atoms with Crippen molar-refractivity contribution in [1.82, 2.24) is 9.88 Å². The molecule has 0 aromatic carbocycles. The normalized spacial score (nSPS) is 10.2. The molecule has 0 saturated carbocycles. The smallest absolute Gasteiger partial charge is 0.251 e. The van der Waals surface area contributed by atoms with Crippen LogP contribution in [0.15, 0.2) is 27.6 Å². The third kappa shape index (κ3) is 5.17. The third-order valence-electron chi connectivity index (χ3n) is 2.36. The number of pyridine rings is 1. The van der Waals surface area contributed by atoms with E-state index in [1.807, 2.05) is 0 Å². The Bertz CT molecular complexity index is 429. The largest absolute Gasteiger partial charge is 0.355 e. The molecule has 1 heterocycles. The molecule has 1 N–H and O–H groups in total. The van der Waals surface area contributed by atoms with Crippen LogP contribution >= 0.6 is 15.9 Å². The van der Waals surface area contributed by atoms with Crippen molar-refractivity contribution in [3.63, 3.8) is 0 Å². The predicted molar refractivity (Wildman–Crippen MR) is 70.9 cm³/mol. The van der Waals surface area contributed by atoms with Crippen LogP contribution in [-0.2, 0) is 11.3 Å². The second-order valence-corrected chi connectivity index (χ2v) is 4.79. The number of nitrogens with zero attached hydrogens (tertiary/aromatic N) is 1. The second-order valence-electron chi connectivity index (χ2n) is 3.87. The molecule has 0 bridgehead atoms. The van der Waals surface area contributed by atoms with E-state index < -0.39 is 0 Å². The summed E-state index contributed by atoms with van der Waals surface area (Å²) in [5.41, 5.74) is -0.170. The molecule has 94 valence electrons. The van der Waals surface area contributed by atoms with E-state index in [0.717, 1.165) is 23.7 Å². The van der Waals surface area contributed by atoms with Crippen molar-refractivity contribution >= 4 is 21.8 Å². The number of hydrogen-bond acceptors (Lipinski definition) is 2. The number of hydrogen-bond donors (Lipinski definition) is 1. The summed E-state index contributed by atoms with van der Waals surface area (Å²) in [6.45, 7) is 2.86. The number of halogens is 1. The number of carbonyl (C=O) groups excluding carboxylic acids is 1. The summed E-state index contributed by atoms with van der Waals surface area (Å²) < 4.78 is 2.18. The monoisotopic (exact) mass is 300 g/mol. The van der Waals surface area contributed by atoms with E-state index in [2.05, 4.69) is 28.2 Å². The highest BCUT2D eigenvalue weighted by Gasteiger charge is 2.03. The van der Waals surface area contributed by atoms with Crippen LogP contribution < -0.4 is 10.9 Å². The maximum atomic E-state index is 11.6. The molecular weight excluding hydrogens is 284 g/mol. The molecule has 0 aliphatic rings. The topological polar surface area (TPSA) is 51.1 Å². The highest BCUT2D eigenvalue weighted by molar-refractivity contribution is 9.10. The van der Waals surface area contributed by atoms with Gasteiger partial charge in [0, 0.05) is 23.3 Å². The van der Waals surface area contributed by atoms with Gasteiger partial charge < -0.3 is 9.88 Å². The minimum atomic E-state index is -0.170. The maximum absolute atomic E-state index is 11.6. The summed E-state index contributed by atoms with van der Waals surface area (Å²) in [6, 6.07) is 3.10. The molecule has 4 nitrogen and oxygen atoms in total. The quantitative estimate of drug-likeness (QED) is 0.816. The Hall–Kier alpha value is -1.10. The van der Waals surface area contributed by atoms with Crippen molar-refractivity contribution < 1.29 is 4.79 Å². The first-order valence-corrected chi connectivity index (χ1v) is 6.55. The Morgan fingerprint density at radius 2 is 2.18 bits per heavy atom. The molecule has 5 heteroatoms. The molecule has 1 aromatic heterocycles. The number of unbranched alkanes of at least 4 members (excludes halogenated alkanes) is 2. The fraction of sp³-hybridized carbons (Fsp3) is 0.500. The van der Waals surface area contributed by atoms with Gasteiger partial charge in [0.15, 0.2) is 0 Å². The molecule has 0 aliphatic heterocycles. The van der Waals surface area contributed by atoms with Gasteiger partial charge in [0.2, 0.25) is 5.91 Å². The number of nitrogens with one attached hydrogen (secondary N) is 1. The molecule has 1 rings (SSSR count). The molecular formula is C12H17BrN2O2. The molecule has 1 aromatic rings. The number of amides is 1. The molecule has 0 unspecified atom stereocenters. The zero-order valence-electron chi connectivity index (χ0n) is 9.91. The zero-order chi connectivity index (χ0) is 12.7. The van der Waals surface area contributed by atoms with Crippen LogP contribution in [-0.4, -0.2) is 17.0 Å². The van der Waals surface area contributed by atoms with Crippen LogP contribution in [0.4, 0.5) is 0 Å². The fourth-order valence-corrected chi connectivity index (χ4v) is 1.82. The molecule has 17 heavy (non-hydrogen) atoms. The van der Waals surface area contributed by atoms with Crippen molar-refractivity contribution in [3.8, 4) is 0 Å². The molecule has 0 spiro atoms. The van der Waals surface area contributed by atoms with Crippen molar-refractivity contribution in [1.29, 1.82) is 0 Å². The third-order valence-corrected chi connectivity index (χ3v) is 2.83. The highest BCUT2D eigenvalue weighted by Crippen LogP contribution is 2.04. The van der Waals surface area contributed by atoms with Gasteiger partial charge in [-0.15, -0.1) is 0 Å². The number of carbonyl (C=O) groups is 1. The lowest BCUT2D eigenvalue weighted by molar-refractivity contribution is -0.121. The van der Waals surface area contributed by atoms with Gasteiger partial charge in [0.05, 0.1) is 0 Å². The average Bonchev–Trinajstić information content (AvgIpc) is 2.29. The van der Waals surface area contributed by atoms with E-state index >= 15 is 0 Å². The van der Waals surface area contributed by atoms with E-state index in [1.165, 1.54) is 10.6 Å². The van der Waals surface area contributed by atoms with Gasteiger partial charge in [-0.3, -0.25) is 9.59 Å².